The lowest BCUT2D eigenvalue weighted by Crippen LogP contribution is -2.46. The topological polar surface area (TPSA) is 91.3 Å². The van der Waals surface area contributed by atoms with Crippen LogP contribution in [0.5, 0.6) is 0 Å². The molecule has 0 aromatic carbocycles. The van der Waals surface area contributed by atoms with E-state index in [-0.39, 0.29) is 6.04 Å². The molecule has 0 aliphatic rings. The predicted molar refractivity (Wildman–Crippen MR) is 73.3 cm³/mol. The summed E-state index contributed by atoms with van der Waals surface area (Å²) in [6.07, 6.45) is 3.05. The zero-order valence-electron chi connectivity index (χ0n) is 11.3. The average Bonchev–Trinajstić information content (AvgIpc) is 2.84. The molecule has 0 fully saturated rings. The fourth-order valence-electron chi connectivity index (χ4n) is 1.48. The Morgan fingerprint density at radius 3 is 2.58 bits per heavy atom. The van der Waals surface area contributed by atoms with Crippen molar-refractivity contribution in [3.05, 3.63) is 16.1 Å². The summed E-state index contributed by atoms with van der Waals surface area (Å²) in [5, 5.41) is 14.8. The van der Waals surface area contributed by atoms with Crippen molar-refractivity contribution in [1.82, 2.24) is 15.6 Å². The summed E-state index contributed by atoms with van der Waals surface area (Å²) < 4.78 is 0. The number of hydrogen-bond acceptors (Lipinski definition) is 4. The quantitative estimate of drug-likeness (QED) is 0.744. The largest absolute Gasteiger partial charge is 0.480 e. The molecular formula is C12H19N3O3S. The van der Waals surface area contributed by atoms with Gasteiger partial charge in [-0.25, -0.2) is 14.6 Å². The van der Waals surface area contributed by atoms with Crippen molar-refractivity contribution in [3.63, 3.8) is 0 Å². The molecule has 7 heteroatoms. The number of carboxylic acid groups (broad SMARTS) is 1. The fourth-order valence-corrected chi connectivity index (χ4v) is 2.34. The normalized spacial score (nSPS) is 13.6. The second-order valence-corrected chi connectivity index (χ2v) is 5.30. The number of aliphatic carboxylic acids is 1. The maximum atomic E-state index is 11.7. The molecule has 0 aliphatic carbocycles. The minimum absolute atomic E-state index is 0.239. The second kappa shape index (κ2) is 7.08. The number of amides is 2. The van der Waals surface area contributed by atoms with E-state index in [1.54, 1.807) is 24.5 Å². The number of carboxylic acids is 1. The van der Waals surface area contributed by atoms with E-state index in [1.807, 2.05) is 13.8 Å². The first-order valence-electron chi connectivity index (χ1n) is 6.22. The number of aryl methyl sites for hydroxylation is 1. The van der Waals surface area contributed by atoms with Crippen LogP contribution in [-0.4, -0.2) is 28.1 Å². The first-order chi connectivity index (χ1) is 8.97. The Labute approximate surface area is 116 Å². The number of thiazole rings is 1. The van der Waals surface area contributed by atoms with Crippen LogP contribution in [0.15, 0.2) is 6.20 Å². The summed E-state index contributed by atoms with van der Waals surface area (Å²) in [7, 11) is 0. The number of carbonyl (C=O) groups excluding carboxylic acids is 1. The molecular weight excluding hydrogens is 266 g/mol. The van der Waals surface area contributed by atoms with Gasteiger partial charge in [0.15, 0.2) is 0 Å². The molecule has 2 amide bonds. The van der Waals surface area contributed by atoms with Crippen molar-refractivity contribution in [2.24, 2.45) is 0 Å². The van der Waals surface area contributed by atoms with Crippen LogP contribution in [0.4, 0.5) is 4.79 Å². The predicted octanol–water partition coefficient (Wildman–Crippen LogP) is 1.93. The van der Waals surface area contributed by atoms with E-state index in [9.17, 15) is 9.59 Å². The lowest BCUT2D eigenvalue weighted by atomic mass is 10.2. The van der Waals surface area contributed by atoms with Gasteiger partial charge in [-0.05, 0) is 19.8 Å². The Morgan fingerprint density at radius 2 is 2.11 bits per heavy atom. The van der Waals surface area contributed by atoms with Crippen LogP contribution in [0.3, 0.4) is 0 Å². The molecule has 0 spiro atoms. The van der Waals surface area contributed by atoms with E-state index < -0.39 is 18.0 Å². The standard InChI is InChI=1S/C12H19N3O3S/c1-4-8-6-13-10(19-8)7(3)14-12(18)15-9(5-2)11(16)17/h6-7,9H,4-5H2,1-3H3,(H,16,17)(H2,14,15,18)/t7?,9-/m1/s1. The number of carbonyl (C=O) groups is 2. The van der Waals surface area contributed by atoms with Gasteiger partial charge in [0.2, 0.25) is 0 Å². The van der Waals surface area contributed by atoms with Gasteiger partial charge >= 0.3 is 12.0 Å². The molecule has 0 bridgehead atoms. The van der Waals surface area contributed by atoms with E-state index in [4.69, 9.17) is 5.11 Å². The Balaban J connectivity index is 2.54. The van der Waals surface area contributed by atoms with Gasteiger partial charge < -0.3 is 15.7 Å². The van der Waals surface area contributed by atoms with Crippen molar-refractivity contribution >= 4 is 23.3 Å². The summed E-state index contributed by atoms with van der Waals surface area (Å²) >= 11 is 1.54. The van der Waals surface area contributed by atoms with Gasteiger partial charge in [0.1, 0.15) is 11.0 Å². The lowest BCUT2D eigenvalue weighted by Gasteiger charge is -2.16. The molecule has 1 unspecified atom stereocenters. The van der Waals surface area contributed by atoms with E-state index >= 15 is 0 Å². The Hall–Kier alpha value is -1.63. The van der Waals surface area contributed by atoms with Crippen LogP contribution in [0, 0.1) is 0 Å². The maximum absolute atomic E-state index is 11.7. The fraction of sp³-hybridized carbons (Fsp3) is 0.583. The van der Waals surface area contributed by atoms with E-state index in [0.717, 1.165) is 16.3 Å². The van der Waals surface area contributed by atoms with Crippen molar-refractivity contribution < 1.29 is 14.7 Å². The number of rotatable bonds is 6. The monoisotopic (exact) mass is 285 g/mol. The molecule has 1 aromatic heterocycles. The maximum Gasteiger partial charge on any atom is 0.326 e. The SMILES string of the molecule is CCc1cnc(C(C)NC(=O)N[C@H](CC)C(=O)O)s1. The molecule has 2 atom stereocenters. The third kappa shape index (κ3) is 4.51. The van der Waals surface area contributed by atoms with E-state index in [0.29, 0.717) is 6.42 Å². The van der Waals surface area contributed by atoms with Gasteiger partial charge in [0.25, 0.3) is 0 Å². The van der Waals surface area contributed by atoms with Crippen molar-refractivity contribution in [2.75, 3.05) is 0 Å². The summed E-state index contributed by atoms with van der Waals surface area (Å²) in [6, 6.07) is -1.60. The Bertz CT molecular complexity index is 447. The molecule has 19 heavy (non-hydrogen) atoms. The second-order valence-electron chi connectivity index (χ2n) is 4.16. The molecule has 0 radical (unpaired) electrons. The zero-order chi connectivity index (χ0) is 14.4. The smallest absolute Gasteiger partial charge is 0.326 e. The molecule has 6 nitrogen and oxygen atoms in total. The third-order valence-corrected chi connectivity index (χ3v) is 3.97. The highest BCUT2D eigenvalue weighted by Gasteiger charge is 2.19. The van der Waals surface area contributed by atoms with Gasteiger partial charge in [-0.1, -0.05) is 13.8 Å². The Morgan fingerprint density at radius 1 is 1.42 bits per heavy atom. The Kier molecular flexibility index (Phi) is 5.75. The number of urea groups is 1. The van der Waals surface area contributed by atoms with E-state index in [2.05, 4.69) is 15.6 Å². The molecule has 1 aromatic rings. The van der Waals surface area contributed by atoms with Gasteiger partial charge in [0.05, 0.1) is 6.04 Å². The number of nitrogens with zero attached hydrogens (tertiary/aromatic N) is 1. The first-order valence-corrected chi connectivity index (χ1v) is 7.04. The van der Waals surface area contributed by atoms with Crippen LogP contribution in [0.1, 0.15) is 43.1 Å². The first kappa shape index (κ1) is 15.4. The lowest BCUT2D eigenvalue weighted by molar-refractivity contribution is -0.139. The van der Waals surface area contributed by atoms with Gasteiger partial charge in [-0.2, -0.15) is 0 Å². The molecule has 1 rings (SSSR count). The van der Waals surface area contributed by atoms with Crippen molar-refractivity contribution in [3.8, 4) is 0 Å². The zero-order valence-corrected chi connectivity index (χ0v) is 12.1. The summed E-state index contributed by atoms with van der Waals surface area (Å²) in [5.74, 6) is -1.03. The summed E-state index contributed by atoms with van der Waals surface area (Å²) in [5.41, 5.74) is 0. The number of aromatic nitrogens is 1. The summed E-state index contributed by atoms with van der Waals surface area (Å²) in [6.45, 7) is 5.57. The molecule has 1 heterocycles. The summed E-state index contributed by atoms with van der Waals surface area (Å²) in [4.78, 5) is 27.9. The highest BCUT2D eigenvalue weighted by molar-refractivity contribution is 7.11. The number of hydrogen-bond donors (Lipinski definition) is 3. The van der Waals surface area contributed by atoms with Crippen molar-refractivity contribution in [2.45, 2.75) is 45.7 Å². The van der Waals surface area contributed by atoms with Crippen LogP contribution in [0.25, 0.3) is 0 Å². The average molecular weight is 285 g/mol. The van der Waals surface area contributed by atoms with Gasteiger partial charge in [0, 0.05) is 11.1 Å². The highest BCUT2D eigenvalue weighted by Crippen LogP contribution is 2.19. The molecule has 106 valence electrons. The van der Waals surface area contributed by atoms with Crippen LogP contribution >= 0.6 is 11.3 Å². The van der Waals surface area contributed by atoms with E-state index in [1.165, 1.54) is 0 Å². The minimum Gasteiger partial charge on any atom is -0.480 e. The van der Waals surface area contributed by atoms with Crippen LogP contribution in [0.2, 0.25) is 0 Å². The third-order valence-electron chi connectivity index (χ3n) is 2.65. The molecule has 3 N–H and O–H groups in total. The molecule has 0 saturated heterocycles. The highest BCUT2D eigenvalue weighted by atomic mass is 32.1. The van der Waals surface area contributed by atoms with Crippen LogP contribution < -0.4 is 10.6 Å². The number of nitrogens with one attached hydrogen (secondary N) is 2. The minimum atomic E-state index is -1.03. The van der Waals surface area contributed by atoms with Crippen LogP contribution in [-0.2, 0) is 11.2 Å². The van der Waals surface area contributed by atoms with Gasteiger partial charge in [-0.3, -0.25) is 0 Å². The molecule has 0 saturated carbocycles. The molecule has 0 aliphatic heterocycles. The van der Waals surface area contributed by atoms with Gasteiger partial charge in [-0.15, -0.1) is 11.3 Å². The van der Waals surface area contributed by atoms with Crippen molar-refractivity contribution in [1.29, 1.82) is 0 Å².